The van der Waals surface area contributed by atoms with Crippen molar-refractivity contribution in [3.63, 3.8) is 0 Å². The Hall–Kier alpha value is 1.08. The molecule has 0 heterocycles. The summed E-state index contributed by atoms with van der Waals surface area (Å²) in [5.41, 5.74) is -1.14. The van der Waals surface area contributed by atoms with Crippen molar-refractivity contribution in [3.05, 3.63) is 0 Å². The molecule has 0 saturated heterocycles. The number of rotatable bonds is 4. The molecule has 0 aliphatic heterocycles. The van der Waals surface area contributed by atoms with Crippen molar-refractivity contribution in [2.75, 3.05) is 0 Å². The number of carboxylic acids is 1. The van der Waals surface area contributed by atoms with Gasteiger partial charge in [0.25, 0.3) is 0 Å². The summed E-state index contributed by atoms with van der Waals surface area (Å²) in [6.07, 6.45) is 0. The van der Waals surface area contributed by atoms with Gasteiger partial charge in [-0.2, -0.15) is 0 Å². The average molecular weight is 406 g/mol. The third-order valence-electron chi connectivity index (χ3n) is 1.02. The van der Waals surface area contributed by atoms with Crippen LogP contribution in [-0.2, 0) is 15.1 Å². The zero-order chi connectivity index (χ0) is 9.07. The topological polar surface area (TPSA) is 72.8 Å². The Balaban J connectivity index is 4.51. The van der Waals surface area contributed by atoms with Crippen molar-refractivity contribution in [2.45, 2.75) is 12.6 Å². The zero-order valence-corrected chi connectivity index (χ0v) is 10.6. The molecule has 0 saturated carbocycles. The van der Waals surface area contributed by atoms with Crippen LogP contribution in [-0.4, -0.2) is 16.7 Å². The molecule has 0 rings (SSSR count). The van der Waals surface area contributed by atoms with E-state index >= 15 is 0 Å². The van der Waals surface area contributed by atoms with E-state index in [9.17, 15) is 9.36 Å². The van der Waals surface area contributed by atoms with E-state index in [1.165, 1.54) is 52.9 Å². The number of aliphatic carboxylic acids is 1. The second-order valence-electron chi connectivity index (χ2n) is 1.69. The van der Waals surface area contributed by atoms with E-state index in [2.05, 4.69) is 5.71 Å². The molecule has 8 heteroatoms. The van der Waals surface area contributed by atoms with Crippen molar-refractivity contribution < 1.29 is 20.2 Å². The molecule has 0 aromatic rings. The van der Waals surface area contributed by atoms with Gasteiger partial charge in [0.2, 0.25) is 0 Å². The van der Waals surface area contributed by atoms with Crippen molar-refractivity contribution >= 4 is 59.6 Å². The van der Waals surface area contributed by atoms with Crippen molar-refractivity contribution in [3.8, 4) is 0 Å². The Morgan fingerprint density at radius 2 is 1.91 bits per heavy atom. The fourth-order valence-electron chi connectivity index (χ4n) is 0.265. The van der Waals surface area contributed by atoms with Gasteiger partial charge in [-0.25, -0.2) is 5.71 Å². The van der Waals surface area contributed by atoms with Crippen LogP contribution in [0.25, 0.3) is 0 Å². The lowest BCUT2D eigenvalue weighted by Gasteiger charge is -2.13. The molecular formula is C3H5I2O5P. The van der Waals surface area contributed by atoms with Crippen LogP contribution in [0.2, 0.25) is 0 Å². The molecule has 1 N–H and O–H groups in total. The van der Waals surface area contributed by atoms with Crippen LogP contribution in [0.4, 0.5) is 0 Å². The fourth-order valence-corrected chi connectivity index (χ4v) is 4.25. The Labute approximate surface area is 91.7 Å². The van der Waals surface area contributed by atoms with Crippen LogP contribution in [0.5, 0.6) is 0 Å². The third-order valence-corrected chi connectivity index (χ3v) is 5.87. The predicted molar refractivity (Wildman–Crippen MR) is 54.9 cm³/mol. The summed E-state index contributed by atoms with van der Waals surface area (Å²) in [5, 5.41) is 8.44. The Bertz CT molecular complexity index is 186. The maximum Gasteiger partial charge on any atom is 0.363 e. The van der Waals surface area contributed by atoms with Gasteiger partial charge in [-0.1, -0.05) is 0 Å². The molecule has 11 heavy (non-hydrogen) atoms. The van der Waals surface area contributed by atoms with Crippen molar-refractivity contribution in [1.29, 1.82) is 0 Å². The Morgan fingerprint density at radius 3 is 2.00 bits per heavy atom. The monoisotopic (exact) mass is 406 g/mol. The second kappa shape index (κ2) is 4.95. The fraction of sp³-hybridized carbons (Fsp3) is 0.667. The minimum Gasteiger partial charge on any atom is -0.481 e. The van der Waals surface area contributed by atoms with E-state index in [0.29, 0.717) is 0 Å². The van der Waals surface area contributed by atoms with Crippen LogP contribution >= 0.6 is 53.6 Å². The molecule has 66 valence electrons. The lowest BCUT2D eigenvalue weighted by molar-refractivity contribution is -0.136. The molecule has 1 unspecified atom stereocenters. The summed E-state index contributed by atoms with van der Waals surface area (Å²) in [5.74, 6) is -1.21. The van der Waals surface area contributed by atoms with E-state index in [-0.39, 0.29) is 0 Å². The van der Waals surface area contributed by atoms with Gasteiger partial charge >= 0.3 is 13.6 Å². The largest absolute Gasteiger partial charge is 0.481 e. The first-order valence-electron chi connectivity index (χ1n) is 2.41. The molecule has 0 aliphatic carbocycles. The van der Waals surface area contributed by atoms with Gasteiger partial charge in [-0.15, -0.1) is 0 Å². The second-order valence-corrected chi connectivity index (χ2v) is 6.19. The van der Waals surface area contributed by atoms with E-state index in [1.54, 1.807) is 0 Å². The lowest BCUT2D eigenvalue weighted by atomic mass is 10.5. The smallest absolute Gasteiger partial charge is 0.363 e. The van der Waals surface area contributed by atoms with Crippen LogP contribution in [0.3, 0.4) is 0 Å². The summed E-state index contributed by atoms with van der Waals surface area (Å²) in [6.45, 7) is 1.26. The normalized spacial score (nSPS) is 14.5. The number of carbonyl (C=O) groups is 1. The third kappa shape index (κ3) is 3.13. The summed E-state index contributed by atoms with van der Waals surface area (Å²) < 4.78 is 20.1. The maximum absolute atomic E-state index is 11.3. The minimum absolute atomic E-state index is 1.14. The molecule has 0 aromatic carbocycles. The van der Waals surface area contributed by atoms with Crippen molar-refractivity contribution in [1.82, 2.24) is 0 Å². The summed E-state index contributed by atoms with van der Waals surface area (Å²) in [6, 6.07) is 0. The quantitative estimate of drug-likeness (QED) is 0.574. The minimum atomic E-state index is -3.45. The summed E-state index contributed by atoms with van der Waals surface area (Å²) in [7, 11) is -3.45. The van der Waals surface area contributed by atoms with Crippen LogP contribution in [0, 0.1) is 0 Å². The van der Waals surface area contributed by atoms with Gasteiger partial charge in [0, 0.05) is 0 Å². The van der Waals surface area contributed by atoms with E-state index in [0.717, 1.165) is 0 Å². The number of carboxylic acid groups (broad SMARTS) is 1. The highest BCUT2D eigenvalue weighted by Crippen LogP contribution is 2.56. The molecule has 1 atom stereocenters. The molecule has 0 amide bonds. The molecule has 0 fully saturated rings. The average Bonchev–Trinajstić information content (AvgIpc) is 2.01. The SMILES string of the molecule is CC(C(=O)O)P(=O)(OI)OI. The Kier molecular flexibility index (Phi) is 5.44. The molecule has 5 nitrogen and oxygen atoms in total. The van der Waals surface area contributed by atoms with Gasteiger partial charge in [0.15, 0.2) is 5.66 Å². The first kappa shape index (κ1) is 12.1. The highest BCUT2D eigenvalue weighted by molar-refractivity contribution is 14.1. The van der Waals surface area contributed by atoms with Gasteiger partial charge in [-0.05, 0) is 6.92 Å². The van der Waals surface area contributed by atoms with Crippen molar-refractivity contribution in [2.24, 2.45) is 0 Å². The molecular weight excluding hydrogens is 401 g/mol. The number of hydrogen-bond acceptors (Lipinski definition) is 4. The molecule has 0 aromatic heterocycles. The molecule has 0 aliphatic rings. The van der Waals surface area contributed by atoms with Gasteiger partial charge < -0.3 is 5.11 Å². The van der Waals surface area contributed by atoms with Crippen LogP contribution < -0.4 is 0 Å². The summed E-state index contributed by atoms with van der Waals surface area (Å²) in [4.78, 5) is 10.3. The van der Waals surface area contributed by atoms with Crippen LogP contribution in [0.15, 0.2) is 0 Å². The highest BCUT2D eigenvalue weighted by Gasteiger charge is 2.37. The Morgan fingerprint density at radius 1 is 1.55 bits per heavy atom. The van der Waals surface area contributed by atoms with Crippen LogP contribution in [0.1, 0.15) is 6.92 Å². The molecule has 0 spiro atoms. The van der Waals surface area contributed by atoms with E-state index in [4.69, 9.17) is 5.11 Å². The van der Waals surface area contributed by atoms with Gasteiger partial charge in [0.05, 0.1) is 0 Å². The van der Waals surface area contributed by atoms with E-state index in [1.807, 2.05) is 0 Å². The molecule has 0 bridgehead atoms. The van der Waals surface area contributed by atoms with E-state index < -0.39 is 19.2 Å². The predicted octanol–water partition coefficient (Wildman–Crippen LogP) is 2.39. The van der Waals surface area contributed by atoms with Gasteiger partial charge in [0.1, 0.15) is 46.0 Å². The number of halogens is 2. The standard InChI is InChI=1S/C3H5I2O5P/c1-2(3(6)7)11(8,9-4)10-5/h2H,1H3,(H,6,7). The molecule has 0 radical (unpaired) electrons. The van der Waals surface area contributed by atoms with Gasteiger partial charge in [-0.3, -0.25) is 9.36 Å². The number of hydrogen-bond donors (Lipinski definition) is 1. The lowest BCUT2D eigenvalue weighted by Crippen LogP contribution is -2.16. The highest BCUT2D eigenvalue weighted by atomic mass is 127. The zero-order valence-electron chi connectivity index (χ0n) is 5.36. The summed E-state index contributed by atoms with van der Waals surface area (Å²) >= 11 is 2.72. The maximum atomic E-state index is 11.3. The first-order chi connectivity index (χ1) is 4.98. The first-order valence-corrected chi connectivity index (χ1v) is 5.78.